The van der Waals surface area contributed by atoms with Gasteiger partial charge in [-0.25, -0.2) is 0 Å². The van der Waals surface area contributed by atoms with Crippen molar-refractivity contribution in [1.29, 1.82) is 0 Å². The summed E-state index contributed by atoms with van der Waals surface area (Å²) in [7, 11) is 0. The number of amides is 1. The van der Waals surface area contributed by atoms with Gasteiger partial charge >= 0.3 is 6.18 Å². The van der Waals surface area contributed by atoms with E-state index in [-0.39, 0.29) is 11.3 Å². The van der Waals surface area contributed by atoms with Gasteiger partial charge in [0.15, 0.2) is 0 Å². The van der Waals surface area contributed by atoms with Crippen LogP contribution in [0, 0.1) is 0 Å². The van der Waals surface area contributed by atoms with E-state index in [1.807, 2.05) is 30.3 Å². The van der Waals surface area contributed by atoms with Crippen LogP contribution in [0.25, 0.3) is 0 Å². The van der Waals surface area contributed by atoms with Gasteiger partial charge in [0.2, 0.25) is 5.91 Å². The number of thioether (sulfide) groups is 1. The standard InChI is InChI=1S/C18H16F3NOS/c19-18(20,21)15-8-6-14(7-9-15)17-22(10-11-24-17)16(23)12-13-4-2-1-3-5-13/h1-9,17H,10-12H2. The van der Waals surface area contributed by atoms with Crippen LogP contribution >= 0.6 is 11.8 Å². The molecule has 1 heterocycles. The third kappa shape index (κ3) is 3.75. The highest BCUT2D eigenvalue weighted by Crippen LogP contribution is 2.39. The summed E-state index contributed by atoms with van der Waals surface area (Å²) in [6, 6.07) is 14.5. The van der Waals surface area contributed by atoms with Gasteiger partial charge in [0.25, 0.3) is 0 Å². The molecule has 2 aromatic carbocycles. The number of benzene rings is 2. The molecule has 1 fully saturated rings. The van der Waals surface area contributed by atoms with Crippen molar-refractivity contribution >= 4 is 17.7 Å². The quantitative estimate of drug-likeness (QED) is 0.810. The van der Waals surface area contributed by atoms with Crippen LogP contribution in [0.3, 0.4) is 0 Å². The number of nitrogens with zero attached hydrogens (tertiary/aromatic N) is 1. The average molecular weight is 351 g/mol. The van der Waals surface area contributed by atoms with Crippen molar-refractivity contribution in [3.63, 3.8) is 0 Å². The molecule has 0 radical (unpaired) electrons. The Morgan fingerprint density at radius 3 is 2.38 bits per heavy atom. The van der Waals surface area contributed by atoms with Crippen LogP contribution in [0.1, 0.15) is 22.1 Å². The van der Waals surface area contributed by atoms with Crippen LogP contribution in [-0.2, 0) is 17.4 Å². The lowest BCUT2D eigenvalue weighted by atomic mass is 10.1. The van der Waals surface area contributed by atoms with E-state index in [9.17, 15) is 18.0 Å². The van der Waals surface area contributed by atoms with Gasteiger partial charge in [-0.1, -0.05) is 42.5 Å². The molecular weight excluding hydrogens is 335 g/mol. The lowest BCUT2D eigenvalue weighted by Gasteiger charge is -2.24. The van der Waals surface area contributed by atoms with E-state index in [2.05, 4.69) is 0 Å². The summed E-state index contributed by atoms with van der Waals surface area (Å²) in [5.74, 6) is 0.780. The first-order chi connectivity index (χ1) is 11.4. The highest BCUT2D eigenvalue weighted by molar-refractivity contribution is 7.99. The normalized spacial score (nSPS) is 18.0. The molecule has 2 nitrogen and oxygen atoms in total. The van der Waals surface area contributed by atoms with Crippen LogP contribution in [0.15, 0.2) is 54.6 Å². The van der Waals surface area contributed by atoms with Crippen molar-refractivity contribution in [2.24, 2.45) is 0 Å². The molecule has 2 aromatic rings. The van der Waals surface area contributed by atoms with Crippen LogP contribution in [0.5, 0.6) is 0 Å². The Hall–Kier alpha value is -1.95. The summed E-state index contributed by atoms with van der Waals surface area (Å²) in [6.45, 7) is 0.613. The van der Waals surface area contributed by atoms with Crippen LogP contribution in [0.4, 0.5) is 13.2 Å². The zero-order chi connectivity index (χ0) is 17.2. The predicted molar refractivity (Wildman–Crippen MR) is 88.5 cm³/mol. The summed E-state index contributed by atoms with van der Waals surface area (Å²) < 4.78 is 38.0. The number of hydrogen-bond donors (Lipinski definition) is 0. The Morgan fingerprint density at radius 2 is 1.75 bits per heavy atom. The zero-order valence-electron chi connectivity index (χ0n) is 12.8. The van der Waals surface area contributed by atoms with Gasteiger partial charge in [0, 0.05) is 12.3 Å². The third-order valence-electron chi connectivity index (χ3n) is 3.93. The largest absolute Gasteiger partial charge is 0.416 e. The smallest absolute Gasteiger partial charge is 0.325 e. The van der Waals surface area contributed by atoms with Gasteiger partial charge in [0.1, 0.15) is 5.37 Å². The zero-order valence-corrected chi connectivity index (χ0v) is 13.6. The van der Waals surface area contributed by atoms with Crippen LogP contribution in [-0.4, -0.2) is 23.1 Å². The molecule has 0 aromatic heterocycles. The number of carbonyl (C=O) groups excluding carboxylic acids is 1. The number of carbonyl (C=O) groups is 1. The number of halogens is 3. The molecule has 126 valence electrons. The first-order valence-electron chi connectivity index (χ1n) is 7.57. The number of rotatable bonds is 3. The van der Waals surface area contributed by atoms with E-state index in [4.69, 9.17) is 0 Å². The molecule has 3 rings (SSSR count). The molecule has 1 amide bonds. The second-order valence-electron chi connectivity index (χ2n) is 5.59. The lowest BCUT2D eigenvalue weighted by molar-refractivity contribution is -0.137. The monoisotopic (exact) mass is 351 g/mol. The van der Waals surface area contributed by atoms with Crippen molar-refractivity contribution < 1.29 is 18.0 Å². The van der Waals surface area contributed by atoms with Crippen molar-refractivity contribution in [3.8, 4) is 0 Å². The van der Waals surface area contributed by atoms with Gasteiger partial charge in [-0.15, -0.1) is 11.8 Å². The Balaban J connectivity index is 1.74. The minimum atomic E-state index is -4.34. The molecule has 1 aliphatic heterocycles. The molecule has 0 aliphatic carbocycles. The van der Waals surface area contributed by atoms with Crippen molar-refractivity contribution in [2.45, 2.75) is 18.0 Å². The van der Waals surface area contributed by atoms with Crippen molar-refractivity contribution in [2.75, 3.05) is 12.3 Å². The molecule has 1 aliphatic rings. The van der Waals surface area contributed by atoms with Crippen LogP contribution < -0.4 is 0 Å². The Labute approximate surface area is 142 Å². The summed E-state index contributed by atoms with van der Waals surface area (Å²) in [4.78, 5) is 14.3. The fourth-order valence-electron chi connectivity index (χ4n) is 2.71. The van der Waals surface area contributed by atoms with Gasteiger partial charge < -0.3 is 4.90 Å². The molecular formula is C18H16F3NOS. The van der Waals surface area contributed by atoms with E-state index >= 15 is 0 Å². The maximum atomic E-state index is 12.7. The maximum Gasteiger partial charge on any atom is 0.416 e. The van der Waals surface area contributed by atoms with Gasteiger partial charge in [-0.2, -0.15) is 13.2 Å². The Bertz CT molecular complexity index is 700. The van der Waals surface area contributed by atoms with E-state index in [0.29, 0.717) is 13.0 Å². The second-order valence-corrected chi connectivity index (χ2v) is 6.78. The second kappa shape index (κ2) is 6.89. The summed E-state index contributed by atoms with van der Waals surface area (Å²) in [5.41, 5.74) is 0.994. The molecule has 0 saturated carbocycles. The highest BCUT2D eigenvalue weighted by atomic mass is 32.2. The van der Waals surface area contributed by atoms with E-state index in [1.165, 1.54) is 12.1 Å². The van der Waals surface area contributed by atoms with Gasteiger partial charge in [-0.3, -0.25) is 4.79 Å². The van der Waals surface area contributed by atoms with Crippen molar-refractivity contribution in [1.82, 2.24) is 4.90 Å². The Morgan fingerprint density at radius 1 is 1.08 bits per heavy atom. The summed E-state index contributed by atoms with van der Waals surface area (Å²) in [5, 5.41) is -0.219. The predicted octanol–water partition coefficient (Wildman–Crippen LogP) is 4.52. The molecule has 24 heavy (non-hydrogen) atoms. The van der Waals surface area contributed by atoms with Gasteiger partial charge in [0.05, 0.1) is 12.0 Å². The topological polar surface area (TPSA) is 20.3 Å². The minimum Gasteiger partial charge on any atom is -0.325 e. The van der Waals surface area contributed by atoms with E-state index < -0.39 is 11.7 Å². The first-order valence-corrected chi connectivity index (χ1v) is 8.62. The van der Waals surface area contributed by atoms with Crippen molar-refractivity contribution in [3.05, 3.63) is 71.3 Å². The minimum absolute atomic E-state index is 0.00361. The van der Waals surface area contributed by atoms with Gasteiger partial charge in [-0.05, 0) is 23.3 Å². The number of hydrogen-bond acceptors (Lipinski definition) is 2. The first kappa shape index (κ1) is 16.9. The Kier molecular flexibility index (Phi) is 4.85. The van der Waals surface area contributed by atoms with E-state index in [0.717, 1.165) is 29.0 Å². The molecule has 6 heteroatoms. The fourth-order valence-corrected chi connectivity index (χ4v) is 3.99. The van der Waals surface area contributed by atoms with E-state index in [1.54, 1.807) is 16.7 Å². The van der Waals surface area contributed by atoms with Crippen LogP contribution in [0.2, 0.25) is 0 Å². The molecule has 1 atom stereocenters. The fraction of sp³-hybridized carbons (Fsp3) is 0.278. The SMILES string of the molecule is O=C(Cc1ccccc1)N1CCSC1c1ccc(C(F)(F)F)cc1. The highest BCUT2D eigenvalue weighted by Gasteiger charge is 2.33. The molecule has 1 saturated heterocycles. The molecule has 0 bridgehead atoms. The number of alkyl halides is 3. The lowest BCUT2D eigenvalue weighted by Crippen LogP contribution is -2.31. The molecule has 1 unspecified atom stereocenters. The molecule has 0 spiro atoms. The average Bonchev–Trinajstić information content (AvgIpc) is 3.05. The summed E-state index contributed by atoms with van der Waals surface area (Å²) in [6.07, 6.45) is -4.04. The summed E-state index contributed by atoms with van der Waals surface area (Å²) >= 11 is 1.58. The third-order valence-corrected chi connectivity index (χ3v) is 5.19. The molecule has 0 N–H and O–H groups in total. The maximum absolute atomic E-state index is 12.7.